The summed E-state index contributed by atoms with van der Waals surface area (Å²) in [5.41, 5.74) is 0.863. The normalized spacial score (nSPS) is 10.9. The number of carbonyl (C=O) groups excluding carboxylic acids is 2. The van der Waals surface area contributed by atoms with E-state index in [4.69, 9.17) is 0 Å². The molecule has 26 heavy (non-hydrogen) atoms. The van der Waals surface area contributed by atoms with Crippen molar-refractivity contribution >= 4 is 33.9 Å². The van der Waals surface area contributed by atoms with E-state index in [0.29, 0.717) is 17.8 Å². The number of hydrogen-bond donors (Lipinski definition) is 0. The summed E-state index contributed by atoms with van der Waals surface area (Å²) in [6.45, 7) is 2.55. The molecule has 0 aliphatic carbocycles. The third kappa shape index (κ3) is 5.26. The molecule has 0 bridgehead atoms. The highest BCUT2D eigenvalue weighted by atomic mass is 79.9. The average molecular weight is 424 g/mol. The van der Waals surface area contributed by atoms with Gasteiger partial charge in [-0.15, -0.1) is 0 Å². The number of esters is 1. The average Bonchev–Trinajstić information content (AvgIpc) is 3.06. The summed E-state index contributed by atoms with van der Waals surface area (Å²) < 4.78 is 21.0. The molecule has 2 aromatic rings. The molecule has 0 spiro atoms. The highest BCUT2D eigenvalue weighted by Crippen LogP contribution is 2.18. The largest absolute Gasteiger partial charge is 0.469 e. The van der Waals surface area contributed by atoms with Crippen molar-refractivity contribution in [2.75, 3.05) is 20.2 Å². The van der Waals surface area contributed by atoms with Gasteiger partial charge in [-0.1, -0.05) is 6.07 Å². The van der Waals surface area contributed by atoms with Crippen LogP contribution >= 0.6 is 15.9 Å². The van der Waals surface area contributed by atoms with Gasteiger partial charge in [0.05, 0.1) is 24.2 Å². The van der Waals surface area contributed by atoms with Gasteiger partial charge in [-0.05, 0) is 46.6 Å². The van der Waals surface area contributed by atoms with Gasteiger partial charge >= 0.3 is 5.97 Å². The summed E-state index contributed by atoms with van der Waals surface area (Å²) in [7, 11) is 1.31. The Kier molecular flexibility index (Phi) is 7.08. The van der Waals surface area contributed by atoms with Crippen molar-refractivity contribution in [1.82, 2.24) is 14.7 Å². The highest BCUT2D eigenvalue weighted by molar-refractivity contribution is 9.10. The number of rotatable bonds is 7. The minimum Gasteiger partial charge on any atom is -0.469 e. The van der Waals surface area contributed by atoms with Crippen LogP contribution in [0.25, 0.3) is 11.8 Å². The summed E-state index contributed by atoms with van der Waals surface area (Å²) in [6, 6.07) is 4.62. The van der Waals surface area contributed by atoms with E-state index < -0.39 is 5.82 Å². The van der Waals surface area contributed by atoms with E-state index >= 15 is 0 Å². The molecule has 0 aliphatic rings. The third-order valence-corrected chi connectivity index (χ3v) is 4.10. The van der Waals surface area contributed by atoms with Gasteiger partial charge in [-0.25, -0.2) is 9.07 Å². The van der Waals surface area contributed by atoms with Gasteiger partial charge < -0.3 is 9.64 Å². The van der Waals surface area contributed by atoms with Crippen LogP contribution < -0.4 is 0 Å². The van der Waals surface area contributed by atoms with Crippen LogP contribution in [0.4, 0.5) is 4.39 Å². The predicted molar refractivity (Wildman–Crippen MR) is 99.1 cm³/mol. The summed E-state index contributed by atoms with van der Waals surface area (Å²) >= 11 is 3.27. The molecule has 0 N–H and O–H groups in total. The van der Waals surface area contributed by atoms with Crippen LogP contribution in [0.1, 0.15) is 18.9 Å². The number of amides is 1. The summed E-state index contributed by atoms with van der Waals surface area (Å²) in [4.78, 5) is 24.9. The molecular weight excluding hydrogens is 405 g/mol. The molecule has 1 aromatic carbocycles. The number of likely N-dealkylation sites (N-methyl/N-ethyl adjacent to an activating group) is 1. The van der Waals surface area contributed by atoms with Crippen LogP contribution in [0.3, 0.4) is 0 Å². The van der Waals surface area contributed by atoms with Gasteiger partial charge in [0.25, 0.3) is 0 Å². The lowest BCUT2D eigenvalue weighted by atomic mass is 10.1. The number of carbonyl (C=O) groups is 2. The quantitative estimate of drug-likeness (QED) is 0.506. The first-order valence-corrected chi connectivity index (χ1v) is 8.77. The van der Waals surface area contributed by atoms with Crippen LogP contribution in [-0.4, -0.2) is 46.8 Å². The molecule has 8 heteroatoms. The van der Waals surface area contributed by atoms with Gasteiger partial charge in [-0.2, -0.15) is 5.10 Å². The van der Waals surface area contributed by atoms with Crippen molar-refractivity contribution in [1.29, 1.82) is 0 Å². The lowest BCUT2D eigenvalue weighted by molar-refractivity contribution is -0.141. The molecule has 0 fully saturated rings. The number of halogens is 2. The van der Waals surface area contributed by atoms with E-state index in [1.165, 1.54) is 34.9 Å². The van der Waals surface area contributed by atoms with E-state index in [1.54, 1.807) is 24.5 Å². The lowest BCUT2D eigenvalue weighted by Crippen LogP contribution is -2.31. The number of aromatic nitrogens is 2. The van der Waals surface area contributed by atoms with E-state index in [1.807, 2.05) is 6.92 Å². The zero-order valence-corrected chi connectivity index (χ0v) is 16.1. The molecule has 138 valence electrons. The van der Waals surface area contributed by atoms with Crippen molar-refractivity contribution in [2.45, 2.75) is 13.3 Å². The lowest BCUT2D eigenvalue weighted by Gasteiger charge is -2.18. The van der Waals surface area contributed by atoms with Gasteiger partial charge in [0.2, 0.25) is 5.91 Å². The molecule has 0 saturated heterocycles. The SMILES string of the molecule is CCN(CCC(=O)OC)C(=O)/C=C/c1ccc(-n2cc(Br)cn2)c(F)c1. The highest BCUT2D eigenvalue weighted by Gasteiger charge is 2.11. The van der Waals surface area contributed by atoms with Crippen LogP contribution in [-0.2, 0) is 14.3 Å². The predicted octanol–water partition coefficient (Wildman–Crippen LogP) is 3.20. The fourth-order valence-corrected chi connectivity index (χ4v) is 2.56. The van der Waals surface area contributed by atoms with E-state index in [2.05, 4.69) is 25.8 Å². The zero-order valence-electron chi connectivity index (χ0n) is 14.5. The number of benzene rings is 1. The minimum atomic E-state index is -0.451. The first-order valence-electron chi connectivity index (χ1n) is 7.98. The fraction of sp³-hybridized carbons (Fsp3) is 0.278. The van der Waals surface area contributed by atoms with Crippen LogP contribution in [0, 0.1) is 5.82 Å². The molecule has 0 saturated carbocycles. The molecule has 0 unspecified atom stereocenters. The number of nitrogens with zero attached hydrogens (tertiary/aromatic N) is 3. The molecule has 0 aliphatic heterocycles. The van der Waals surface area contributed by atoms with Crippen molar-refractivity contribution in [3.63, 3.8) is 0 Å². The Hall–Kier alpha value is -2.48. The Morgan fingerprint density at radius 3 is 2.77 bits per heavy atom. The Labute approximate surface area is 159 Å². The summed E-state index contributed by atoms with van der Waals surface area (Å²) in [5.74, 6) is -1.08. The second-order valence-electron chi connectivity index (χ2n) is 5.39. The van der Waals surface area contributed by atoms with Gasteiger partial charge in [0, 0.05) is 25.4 Å². The summed E-state index contributed by atoms with van der Waals surface area (Å²) in [6.07, 6.45) is 6.25. The van der Waals surface area contributed by atoms with Crippen molar-refractivity contribution in [2.24, 2.45) is 0 Å². The Bertz CT molecular complexity index is 820. The van der Waals surface area contributed by atoms with Crippen LogP contribution in [0.15, 0.2) is 41.1 Å². The van der Waals surface area contributed by atoms with Crippen molar-refractivity contribution in [3.8, 4) is 5.69 Å². The maximum absolute atomic E-state index is 14.3. The van der Waals surface area contributed by atoms with E-state index in [-0.39, 0.29) is 24.8 Å². The van der Waals surface area contributed by atoms with E-state index in [9.17, 15) is 14.0 Å². The summed E-state index contributed by atoms with van der Waals surface area (Å²) in [5, 5.41) is 4.04. The minimum absolute atomic E-state index is 0.132. The Morgan fingerprint density at radius 2 is 2.19 bits per heavy atom. The topological polar surface area (TPSA) is 64.4 Å². The molecule has 6 nitrogen and oxygen atoms in total. The molecule has 0 atom stereocenters. The van der Waals surface area contributed by atoms with Crippen LogP contribution in [0.5, 0.6) is 0 Å². The molecular formula is C18H19BrFN3O3. The fourth-order valence-electron chi connectivity index (χ4n) is 2.27. The standard InChI is InChI=1S/C18H19BrFN3O3/c1-3-22(9-8-18(25)26-2)17(24)7-5-13-4-6-16(15(20)10-13)23-12-14(19)11-21-23/h4-7,10-12H,3,8-9H2,1-2H3/b7-5+. The molecule has 1 amide bonds. The Balaban J connectivity index is 2.06. The van der Waals surface area contributed by atoms with Crippen molar-refractivity contribution < 1.29 is 18.7 Å². The Morgan fingerprint density at radius 1 is 1.42 bits per heavy atom. The van der Waals surface area contributed by atoms with Crippen molar-refractivity contribution in [3.05, 3.63) is 52.5 Å². The van der Waals surface area contributed by atoms with Crippen LogP contribution in [0.2, 0.25) is 0 Å². The monoisotopic (exact) mass is 423 g/mol. The maximum atomic E-state index is 14.3. The first kappa shape index (κ1) is 19.8. The van der Waals surface area contributed by atoms with Gasteiger partial charge in [0.15, 0.2) is 0 Å². The van der Waals surface area contributed by atoms with Gasteiger partial charge in [-0.3, -0.25) is 9.59 Å². The third-order valence-electron chi connectivity index (χ3n) is 3.69. The molecule has 2 rings (SSSR count). The molecule has 1 aromatic heterocycles. The van der Waals surface area contributed by atoms with Gasteiger partial charge in [0.1, 0.15) is 11.5 Å². The second kappa shape index (κ2) is 9.28. The smallest absolute Gasteiger partial charge is 0.307 e. The zero-order chi connectivity index (χ0) is 19.1. The first-order chi connectivity index (χ1) is 12.4. The molecule has 1 heterocycles. The van der Waals surface area contributed by atoms with E-state index in [0.717, 1.165) is 4.47 Å². The number of ether oxygens (including phenoxy) is 1. The maximum Gasteiger partial charge on any atom is 0.307 e. The number of hydrogen-bond acceptors (Lipinski definition) is 4. The molecule has 0 radical (unpaired) electrons. The number of methoxy groups -OCH3 is 1. The second-order valence-corrected chi connectivity index (χ2v) is 6.31.